The Morgan fingerprint density at radius 1 is 1.20 bits per heavy atom. The minimum absolute atomic E-state index is 0. The molecule has 2 unspecified atom stereocenters. The van der Waals surface area contributed by atoms with E-state index in [0.717, 1.165) is 57.2 Å². The molecule has 2 heterocycles. The Bertz CT molecular complexity index is 700. The third-order valence-electron chi connectivity index (χ3n) is 7.28. The monoisotopic (exact) mass is 530 g/mol. The molecule has 1 aliphatic heterocycles. The number of aryl methyl sites for hydroxylation is 2. The lowest BCUT2D eigenvalue weighted by molar-refractivity contribution is -0.125. The van der Waals surface area contributed by atoms with E-state index in [2.05, 4.69) is 37.3 Å². The van der Waals surface area contributed by atoms with Gasteiger partial charge in [0.2, 0.25) is 0 Å². The fraction of sp³-hybridized carbons (Fsp3) is 0.864. The largest absolute Gasteiger partial charge is 0.378 e. The van der Waals surface area contributed by atoms with Gasteiger partial charge in [0, 0.05) is 51.0 Å². The molecule has 2 atom stereocenters. The average Bonchev–Trinajstić information content (AvgIpc) is 3.33. The Morgan fingerprint density at radius 2 is 2.03 bits per heavy atom. The summed E-state index contributed by atoms with van der Waals surface area (Å²) in [4.78, 5) is 4.47. The molecule has 0 radical (unpaired) electrons. The van der Waals surface area contributed by atoms with Crippen molar-refractivity contribution in [3.63, 3.8) is 0 Å². The molecule has 0 aromatic carbocycles. The molecule has 3 aliphatic rings. The van der Waals surface area contributed by atoms with Gasteiger partial charge in [-0.2, -0.15) is 0 Å². The Morgan fingerprint density at radius 3 is 2.80 bits per heavy atom. The Kier molecular flexibility index (Phi) is 8.80. The molecular weight excluding hydrogens is 491 g/mol. The lowest BCUT2D eigenvalue weighted by atomic mass is 9.60. The van der Waals surface area contributed by atoms with Gasteiger partial charge in [-0.1, -0.05) is 19.3 Å². The summed E-state index contributed by atoms with van der Waals surface area (Å²) in [6.07, 6.45) is 13.6. The van der Waals surface area contributed by atoms with E-state index in [0.29, 0.717) is 17.6 Å². The number of ether oxygens (including phenoxy) is 1. The highest BCUT2D eigenvalue weighted by Crippen LogP contribution is 2.54. The standard InChI is InChI=1S/C22H38N6O.HI/c1-3-29-18-16-17(22(18)12-6-7-13-22)25-21(23-2)24-14-9-11-20-27-26-19-10-5-4-8-15-28(19)20;/h17-18H,3-16H2,1-2H3,(H2,23,24,25);1H. The zero-order valence-electron chi connectivity index (χ0n) is 18.7. The van der Waals surface area contributed by atoms with Crippen molar-refractivity contribution in [3.8, 4) is 0 Å². The number of hydrogen-bond acceptors (Lipinski definition) is 4. The van der Waals surface area contributed by atoms with Gasteiger partial charge in [0.15, 0.2) is 5.96 Å². The smallest absolute Gasteiger partial charge is 0.191 e. The molecule has 0 bridgehead atoms. The number of nitrogens with one attached hydrogen (secondary N) is 2. The van der Waals surface area contributed by atoms with Crippen LogP contribution in [0.25, 0.3) is 0 Å². The van der Waals surface area contributed by atoms with Gasteiger partial charge < -0.3 is 19.9 Å². The maximum absolute atomic E-state index is 6.04. The number of guanidine groups is 1. The second-order valence-corrected chi connectivity index (χ2v) is 8.91. The molecule has 2 aliphatic carbocycles. The van der Waals surface area contributed by atoms with Crippen LogP contribution in [-0.4, -0.2) is 53.1 Å². The fourth-order valence-electron chi connectivity index (χ4n) is 5.63. The van der Waals surface area contributed by atoms with Crippen molar-refractivity contribution in [2.24, 2.45) is 10.4 Å². The van der Waals surface area contributed by atoms with Crippen molar-refractivity contribution in [1.82, 2.24) is 25.4 Å². The lowest BCUT2D eigenvalue weighted by Gasteiger charge is -2.54. The molecule has 1 aromatic heterocycles. The van der Waals surface area contributed by atoms with E-state index < -0.39 is 0 Å². The SMILES string of the molecule is CCOC1CC(NC(=NC)NCCCc2nnc3n2CCCCC3)C12CCCC2.I. The first kappa shape index (κ1) is 23.8. The second kappa shape index (κ2) is 11.1. The van der Waals surface area contributed by atoms with Crippen LogP contribution in [0.5, 0.6) is 0 Å². The maximum Gasteiger partial charge on any atom is 0.191 e. The predicted molar refractivity (Wildman–Crippen MR) is 131 cm³/mol. The van der Waals surface area contributed by atoms with E-state index in [1.165, 1.54) is 50.8 Å². The van der Waals surface area contributed by atoms with Crippen LogP contribution < -0.4 is 10.6 Å². The Balaban J connectivity index is 0.00000256. The number of hydrogen-bond donors (Lipinski definition) is 2. The van der Waals surface area contributed by atoms with Gasteiger partial charge in [-0.25, -0.2) is 0 Å². The predicted octanol–water partition coefficient (Wildman–Crippen LogP) is 3.46. The molecule has 0 amide bonds. The van der Waals surface area contributed by atoms with Crippen LogP contribution in [0.1, 0.15) is 76.4 Å². The van der Waals surface area contributed by atoms with Gasteiger partial charge in [0.25, 0.3) is 0 Å². The number of fused-ring (bicyclic) bond motifs is 1. The third-order valence-corrected chi connectivity index (χ3v) is 7.28. The summed E-state index contributed by atoms with van der Waals surface area (Å²) >= 11 is 0. The van der Waals surface area contributed by atoms with Crippen molar-refractivity contribution < 1.29 is 4.74 Å². The van der Waals surface area contributed by atoms with Crippen molar-refractivity contribution >= 4 is 29.9 Å². The van der Waals surface area contributed by atoms with Crippen molar-refractivity contribution in [1.29, 1.82) is 0 Å². The molecule has 1 spiro atoms. The van der Waals surface area contributed by atoms with Crippen LogP contribution >= 0.6 is 24.0 Å². The summed E-state index contributed by atoms with van der Waals surface area (Å²) in [5.41, 5.74) is 0.326. The van der Waals surface area contributed by atoms with E-state index in [4.69, 9.17) is 4.74 Å². The molecule has 2 N–H and O–H groups in total. The van der Waals surface area contributed by atoms with E-state index in [1.807, 2.05) is 7.05 Å². The van der Waals surface area contributed by atoms with Gasteiger partial charge in [0.1, 0.15) is 11.6 Å². The van der Waals surface area contributed by atoms with Gasteiger partial charge in [0.05, 0.1) is 6.10 Å². The number of rotatable bonds is 7. The topological polar surface area (TPSA) is 76.4 Å². The minimum Gasteiger partial charge on any atom is -0.378 e. The van der Waals surface area contributed by atoms with Crippen molar-refractivity contribution in [2.75, 3.05) is 20.2 Å². The van der Waals surface area contributed by atoms with Gasteiger partial charge in [-0.15, -0.1) is 34.2 Å². The van der Waals surface area contributed by atoms with E-state index in [1.54, 1.807) is 0 Å². The molecular formula is C22H39IN6O. The first-order valence-corrected chi connectivity index (χ1v) is 11.8. The number of nitrogens with zero attached hydrogens (tertiary/aromatic N) is 4. The molecule has 2 saturated carbocycles. The quantitative estimate of drug-likeness (QED) is 0.245. The average molecular weight is 530 g/mol. The van der Waals surface area contributed by atoms with Crippen LogP contribution in [-0.2, 0) is 24.1 Å². The Hall–Kier alpha value is -0.900. The molecule has 0 saturated heterocycles. The third kappa shape index (κ3) is 4.95. The summed E-state index contributed by atoms with van der Waals surface area (Å²) in [5.74, 6) is 3.25. The van der Waals surface area contributed by atoms with Gasteiger partial charge in [-0.3, -0.25) is 4.99 Å². The van der Waals surface area contributed by atoms with Crippen molar-refractivity contribution in [3.05, 3.63) is 11.6 Å². The number of aliphatic imine (C=N–C) groups is 1. The maximum atomic E-state index is 6.04. The molecule has 8 heteroatoms. The van der Waals surface area contributed by atoms with Gasteiger partial charge in [-0.05, 0) is 45.4 Å². The molecule has 170 valence electrons. The molecule has 4 rings (SSSR count). The zero-order valence-corrected chi connectivity index (χ0v) is 21.0. The first-order chi connectivity index (χ1) is 14.3. The summed E-state index contributed by atoms with van der Waals surface area (Å²) in [6.45, 7) is 4.91. The van der Waals surface area contributed by atoms with E-state index >= 15 is 0 Å². The fourth-order valence-corrected chi connectivity index (χ4v) is 5.63. The molecule has 2 fully saturated rings. The molecule has 1 aromatic rings. The number of halogens is 1. The first-order valence-electron chi connectivity index (χ1n) is 11.8. The summed E-state index contributed by atoms with van der Waals surface area (Å²) in [6, 6.07) is 0.486. The second-order valence-electron chi connectivity index (χ2n) is 8.91. The highest BCUT2D eigenvalue weighted by molar-refractivity contribution is 14.0. The number of aromatic nitrogens is 3. The summed E-state index contributed by atoms with van der Waals surface area (Å²) in [5, 5.41) is 16.1. The zero-order chi connectivity index (χ0) is 20.1. The van der Waals surface area contributed by atoms with Crippen LogP contribution in [0.15, 0.2) is 4.99 Å². The Labute approximate surface area is 198 Å². The van der Waals surface area contributed by atoms with Crippen LogP contribution in [0.2, 0.25) is 0 Å². The van der Waals surface area contributed by atoms with Crippen molar-refractivity contribution in [2.45, 2.75) is 96.2 Å². The van der Waals surface area contributed by atoms with Crippen LogP contribution in [0.4, 0.5) is 0 Å². The van der Waals surface area contributed by atoms with Crippen LogP contribution in [0.3, 0.4) is 0 Å². The molecule has 30 heavy (non-hydrogen) atoms. The van der Waals surface area contributed by atoms with E-state index in [9.17, 15) is 0 Å². The lowest BCUT2D eigenvalue weighted by Crippen LogP contribution is -2.65. The minimum atomic E-state index is 0. The summed E-state index contributed by atoms with van der Waals surface area (Å²) in [7, 11) is 1.87. The highest BCUT2D eigenvalue weighted by atomic mass is 127. The molecule has 7 nitrogen and oxygen atoms in total. The summed E-state index contributed by atoms with van der Waals surface area (Å²) < 4.78 is 8.39. The highest BCUT2D eigenvalue weighted by Gasteiger charge is 2.56. The van der Waals surface area contributed by atoms with Crippen LogP contribution in [0, 0.1) is 5.41 Å². The van der Waals surface area contributed by atoms with E-state index in [-0.39, 0.29) is 24.0 Å². The van der Waals surface area contributed by atoms with Gasteiger partial charge >= 0.3 is 0 Å². The normalized spacial score (nSPS) is 25.2.